The highest BCUT2D eigenvalue weighted by Gasteiger charge is 2.28. The number of rotatable bonds is 3. The fourth-order valence-electron chi connectivity index (χ4n) is 1.17. The summed E-state index contributed by atoms with van der Waals surface area (Å²) in [5, 5.41) is 1.75. The largest absolute Gasteiger partial charge is 0.496 e. The summed E-state index contributed by atoms with van der Waals surface area (Å²) in [5.41, 5.74) is 5.82. The van der Waals surface area contributed by atoms with Crippen molar-refractivity contribution in [3.05, 3.63) is 23.8 Å². The number of carbonyl (C=O) groups is 1. The van der Waals surface area contributed by atoms with Crippen LogP contribution in [-0.2, 0) is 0 Å². The van der Waals surface area contributed by atoms with E-state index in [4.69, 9.17) is 10.5 Å². The lowest BCUT2D eigenvalue weighted by Crippen LogP contribution is -2.33. The van der Waals surface area contributed by atoms with Crippen molar-refractivity contribution >= 4 is 11.6 Å². The lowest BCUT2D eigenvalue weighted by molar-refractivity contribution is -0.123. The number of alkyl halides is 3. The molecule has 1 aromatic rings. The van der Waals surface area contributed by atoms with E-state index in [2.05, 4.69) is 0 Å². The number of amides is 1. The highest BCUT2D eigenvalue weighted by molar-refractivity contribution is 5.97. The minimum absolute atomic E-state index is 0.00551. The van der Waals surface area contributed by atoms with Gasteiger partial charge in [0.15, 0.2) is 0 Å². The van der Waals surface area contributed by atoms with Gasteiger partial charge >= 0.3 is 6.18 Å². The molecule has 0 bridgehead atoms. The zero-order valence-electron chi connectivity index (χ0n) is 8.97. The van der Waals surface area contributed by atoms with Gasteiger partial charge < -0.3 is 15.8 Å². The van der Waals surface area contributed by atoms with E-state index in [1.165, 1.54) is 25.3 Å². The van der Waals surface area contributed by atoms with E-state index in [1.807, 2.05) is 0 Å². The van der Waals surface area contributed by atoms with Gasteiger partial charge in [-0.3, -0.25) is 4.79 Å². The third-order valence-corrected chi connectivity index (χ3v) is 1.92. The van der Waals surface area contributed by atoms with Crippen molar-refractivity contribution < 1.29 is 22.7 Å². The lowest BCUT2D eigenvalue weighted by atomic mass is 10.1. The topological polar surface area (TPSA) is 64.3 Å². The monoisotopic (exact) mass is 248 g/mol. The normalized spacial score (nSPS) is 11.1. The summed E-state index contributed by atoms with van der Waals surface area (Å²) < 4.78 is 40.6. The maximum atomic E-state index is 11.9. The molecule has 0 spiro atoms. The second-order valence-electron chi connectivity index (χ2n) is 3.26. The van der Waals surface area contributed by atoms with Crippen LogP contribution in [-0.4, -0.2) is 25.7 Å². The average Bonchev–Trinajstić information content (AvgIpc) is 2.24. The number of anilines is 1. The van der Waals surface area contributed by atoms with Crippen molar-refractivity contribution in [2.45, 2.75) is 6.18 Å². The predicted molar refractivity (Wildman–Crippen MR) is 55.8 cm³/mol. The number of halogens is 3. The van der Waals surface area contributed by atoms with Crippen LogP contribution in [0.1, 0.15) is 10.4 Å². The van der Waals surface area contributed by atoms with Crippen molar-refractivity contribution in [2.75, 3.05) is 19.4 Å². The lowest BCUT2D eigenvalue weighted by Gasteiger charge is -2.11. The number of nitrogens with one attached hydrogen (secondary N) is 1. The van der Waals surface area contributed by atoms with E-state index in [9.17, 15) is 18.0 Å². The van der Waals surface area contributed by atoms with E-state index in [-0.39, 0.29) is 11.3 Å². The first kappa shape index (κ1) is 13.1. The van der Waals surface area contributed by atoms with Crippen LogP contribution < -0.4 is 15.8 Å². The zero-order chi connectivity index (χ0) is 13.1. The predicted octanol–water partition coefficient (Wildman–Crippen LogP) is 1.57. The molecule has 17 heavy (non-hydrogen) atoms. The minimum atomic E-state index is -4.45. The van der Waals surface area contributed by atoms with Crippen molar-refractivity contribution in [1.29, 1.82) is 0 Å². The van der Waals surface area contributed by atoms with Crippen molar-refractivity contribution in [1.82, 2.24) is 5.32 Å². The highest BCUT2D eigenvalue weighted by Crippen LogP contribution is 2.21. The number of nitrogen functional groups attached to an aromatic ring is 1. The van der Waals surface area contributed by atoms with Crippen LogP contribution in [0, 0.1) is 0 Å². The first-order valence-corrected chi connectivity index (χ1v) is 4.62. The fourth-order valence-corrected chi connectivity index (χ4v) is 1.17. The molecular formula is C10H11F3N2O2. The molecule has 0 saturated carbocycles. The molecule has 0 fully saturated rings. The summed E-state index contributed by atoms with van der Waals surface area (Å²) in [5.74, 6) is -0.733. The number of carbonyl (C=O) groups excluding carboxylic acids is 1. The summed E-state index contributed by atoms with van der Waals surface area (Å²) >= 11 is 0. The van der Waals surface area contributed by atoms with Gasteiger partial charge in [0.2, 0.25) is 0 Å². The Kier molecular flexibility index (Phi) is 3.82. The van der Waals surface area contributed by atoms with Crippen molar-refractivity contribution in [3.63, 3.8) is 0 Å². The molecule has 0 unspecified atom stereocenters. The highest BCUT2D eigenvalue weighted by atomic mass is 19.4. The van der Waals surface area contributed by atoms with Crippen LogP contribution >= 0.6 is 0 Å². The molecule has 0 atom stereocenters. The molecule has 7 heteroatoms. The average molecular weight is 248 g/mol. The Morgan fingerprint density at radius 1 is 1.47 bits per heavy atom. The molecule has 0 aliphatic rings. The Hall–Kier alpha value is -1.92. The van der Waals surface area contributed by atoms with Crippen LogP contribution in [0.4, 0.5) is 18.9 Å². The van der Waals surface area contributed by atoms with E-state index in [0.717, 1.165) is 0 Å². The molecule has 1 rings (SSSR count). The van der Waals surface area contributed by atoms with Gasteiger partial charge in [0.05, 0.1) is 12.7 Å². The van der Waals surface area contributed by atoms with Crippen molar-refractivity contribution in [2.24, 2.45) is 0 Å². The smallest absolute Gasteiger partial charge is 0.405 e. The number of hydrogen-bond donors (Lipinski definition) is 2. The molecule has 0 aliphatic heterocycles. The molecule has 0 saturated heterocycles. The molecule has 1 aromatic carbocycles. The Bertz CT molecular complexity index is 419. The van der Waals surface area contributed by atoms with Gasteiger partial charge in [0.1, 0.15) is 12.3 Å². The standard InChI is InChI=1S/C10H11F3N2O2/c1-17-8-4-6(14)2-3-7(8)9(16)15-5-10(11,12)13/h2-4H,5,14H2,1H3,(H,15,16). The summed E-state index contributed by atoms with van der Waals surface area (Å²) in [6.45, 7) is -1.39. The number of hydrogen-bond acceptors (Lipinski definition) is 3. The summed E-state index contributed by atoms with van der Waals surface area (Å²) in [6, 6.07) is 4.08. The molecule has 0 aromatic heterocycles. The fraction of sp³-hybridized carbons (Fsp3) is 0.300. The number of ether oxygens (including phenoxy) is 1. The van der Waals surface area contributed by atoms with E-state index in [0.29, 0.717) is 5.69 Å². The van der Waals surface area contributed by atoms with E-state index >= 15 is 0 Å². The molecule has 0 radical (unpaired) electrons. The molecule has 1 amide bonds. The summed E-state index contributed by atoms with van der Waals surface area (Å²) in [4.78, 5) is 11.5. The Balaban J connectivity index is 2.82. The molecule has 3 N–H and O–H groups in total. The first-order chi connectivity index (χ1) is 7.83. The third kappa shape index (κ3) is 3.86. The SMILES string of the molecule is COc1cc(N)ccc1C(=O)NCC(F)(F)F. The molecule has 0 aliphatic carbocycles. The van der Waals surface area contributed by atoms with E-state index in [1.54, 1.807) is 5.32 Å². The molecule has 4 nitrogen and oxygen atoms in total. The van der Waals surface area contributed by atoms with Gasteiger partial charge in [-0.05, 0) is 12.1 Å². The minimum Gasteiger partial charge on any atom is -0.496 e. The second kappa shape index (κ2) is 4.94. The van der Waals surface area contributed by atoms with Crippen molar-refractivity contribution in [3.8, 4) is 5.75 Å². The van der Waals surface area contributed by atoms with Gasteiger partial charge in [-0.1, -0.05) is 0 Å². The van der Waals surface area contributed by atoms with Gasteiger partial charge in [0.25, 0.3) is 5.91 Å². The van der Waals surface area contributed by atoms with E-state index < -0.39 is 18.6 Å². The van der Waals surface area contributed by atoms with Gasteiger partial charge in [-0.15, -0.1) is 0 Å². The second-order valence-corrected chi connectivity index (χ2v) is 3.26. The Morgan fingerprint density at radius 3 is 2.65 bits per heavy atom. The van der Waals surface area contributed by atoms with Gasteiger partial charge in [-0.25, -0.2) is 0 Å². The number of benzene rings is 1. The Morgan fingerprint density at radius 2 is 2.12 bits per heavy atom. The van der Waals surface area contributed by atoms with Gasteiger partial charge in [-0.2, -0.15) is 13.2 Å². The van der Waals surface area contributed by atoms with Crippen LogP contribution in [0.3, 0.4) is 0 Å². The van der Waals surface area contributed by atoms with Crippen LogP contribution in [0.2, 0.25) is 0 Å². The van der Waals surface area contributed by atoms with Crippen LogP contribution in [0.5, 0.6) is 5.75 Å². The zero-order valence-corrected chi connectivity index (χ0v) is 8.97. The maximum Gasteiger partial charge on any atom is 0.405 e. The molecular weight excluding hydrogens is 237 g/mol. The Labute approximate surface area is 95.6 Å². The van der Waals surface area contributed by atoms with Gasteiger partial charge in [0, 0.05) is 11.8 Å². The summed E-state index contributed by atoms with van der Waals surface area (Å²) in [6.07, 6.45) is -4.45. The maximum absolute atomic E-state index is 11.9. The number of methoxy groups -OCH3 is 1. The molecule has 0 heterocycles. The first-order valence-electron chi connectivity index (χ1n) is 4.62. The third-order valence-electron chi connectivity index (χ3n) is 1.92. The molecule has 94 valence electrons. The quantitative estimate of drug-likeness (QED) is 0.798. The van der Waals surface area contributed by atoms with Crippen LogP contribution in [0.15, 0.2) is 18.2 Å². The summed E-state index contributed by atoms with van der Waals surface area (Å²) in [7, 11) is 1.30. The number of nitrogens with two attached hydrogens (primary N) is 1. The van der Waals surface area contributed by atoms with Crippen LogP contribution in [0.25, 0.3) is 0 Å².